The van der Waals surface area contributed by atoms with Gasteiger partial charge in [0.1, 0.15) is 11.3 Å². The summed E-state index contributed by atoms with van der Waals surface area (Å²) in [7, 11) is 0. The lowest BCUT2D eigenvalue weighted by Crippen LogP contribution is -2.32. The standard InChI is InChI=1S/C23H27NO/c1-16-13-21(14-22-17(2)18(3)25-23(16)22)20-9-11-24(12-10-20)15-19-7-5-4-6-8-19/h4-8,13-14,20H,9-12,15H2,1-3H3. The highest BCUT2D eigenvalue weighted by Gasteiger charge is 2.22. The third kappa shape index (κ3) is 3.23. The molecule has 1 aliphatic heterocycles. The van der Waals surface area contributed by atoms with E-state index in [-0.39, 0.29) is 0 Å². The molecule has 0 bridgehead atoms. The van der Waals surface area contributed by atoms with Gasteiger partial charge in [-0.05, 0) is 80.9 Å². The van der Waals surface area contributed by atoms with Gasteiger partial charge in [-0.25, -0.2) is 0 Å². The monoisotopic (exact) mass is 333 g/mol. The van der Waals surface area contributed by atoms with Gasteiger partial charge in [0.25, 0.3) is 0 Å². The lowest BCUT2D eigenvalue weighted by atomic mass is 9.87. The zero-order chi connectivity index (χ0) is 17.4. The van der Waals surface area contributed by atoms with E-state index < -0.39 is 0 Å². The lowest BCUT2D eigenvalue weighted by Gasteiger charge is -2.32. The maximum atomic E-state index is 5.95. The maximum absolute atomic E-state index is 5.95. The van der Waals surface area contributed by atoms with Gasteiger partial charge in [-0.3, -0.25) is 4.90 Å². The summed E-state index contributed by atoms with van der Waals surface area (Å²) in [6.07, 6.45) is 2.49. The van der Waals surface area contributed by atoms with Crippen molar-refractivity contribution in [3.8, 4) is 0 Å². The van der Waals surface area contributed by atoms with Crippen LogP contribution < -0.4 is 0 Å². The van der Waals surface area contributed by atoms with Gasteiger partial charge in [-0.15, -0.1) is 0 Å². The number of hydrogen-bond acceptors (Lipinski definition) is 2. The van der Waals surface area contributed by atoms with Gasteiger partial charge in [0, 0.05) is 11.9 Å². The van der Waals surface area contributed by atoms with Gasteiger partial charge < -0.3 is 4.42 Å². The Labute approximate surface area is 150 Å². The zero-order valence-corrected chi connectivity index (χ0v) is 15.5. The van der Waals surface area contributed by atoms with Crippen molar-refractivity contribution in [1.29, 1.82) is 0 Å². The minimum absolute atomic E-state index is 0.671. The van der Waals surface area contributed by atoms with E-state index in [0.717, 1.165) is 17.9 Å². The molecule has 4 rings (SSSR count). The summed E-state index contributed by atoms with van der Waals surface area (Å²) in [5.41, 5.74) is 6.55. The van der Waals surface area contributed by atoms with Gasteiger partial charge in [-0.2, -0.15) is 0 Å². The Morgan fingerprint density at radius 3 is 2.44 bits per heavy atom. The van der Waals surface area contributed by atoms with E-state index in [1.54, 1.807) is 0 Å². The van der Waals surface area contributed by atoms with Crippen molar-refractivity contribution in [2.75, 3.05) is 13.1 Å². The lowest BCUT2D eigenvalue weighted by molar-refractivity contribution is 0.204. The smallest absolute Gasteiger partial charge is 0.137 e. The Bertz CT molecular complexity index is 870. The fourth-order valence-electron chi connectivity index (χ4n) is 4.14. The second kappa shape index (κ2) is 6.68. The normalized spacial score (nSPS) is 16.6. The Morgan fingerprint density at radius 2 is 1.72 bits per heavy atom. The Hall–Kier alpha value is -2.06. The predicted molar refractivity (Wildman–Crippen MR) is 104 cm³/mol. The van der Waals surface area contributed by atoms with Gasteiger partial charge in [-0.1, -0.05) is 36.4 Å². The van der Waals surface area contributed by atoms with Crippen LogP contribution in [0.25, 0.3) is 11.0 Å². The molecule has 0 unspecified atom stereocenters. The molecule has 0 N–H and O–H groups in total. The van der Waals surface area contributed by atoms with E-state index in [0.29, 0.717) is 5.92 Å². The molecule has 0 saturated carbocycles. The van der Waals surface area contributed by atoms with Crippen LogP contribution in [0.5, 0.6) is 0 Å². The molecule has 25 heavy (non-hydrogen) atoms. The molecule has 2 heterocycles. The molecule has 3 aromatic rings. The van der Waals surface area contributed by atoms with Crippen molar-refractivity contribution in [2.24, 2.45) is 0 Å². The number of benzene rings is 2. The second-order valence-electron chi connectivity index (χ2n) is 7.53. The SMILES string of the molecule is Cc1oc2c(C)cc(C3CCN(Cc4ccccc4)CC3)cc2c1C. The third-order valence-electron chi connectivity index (χ3n) is 5.79. The Morgan fingerprint density at radius 1 is 1.00 bits per heavy atom. The summed E-state index contributed by atoms with van der Waals surface area (Å²) >= 11 is 0. The van der Waals surface area contributed by atoms with Crippen LogP contribution in [-0.4, -0.2) is 18.0 Å². The second-order valence-corrected chi connectivity index (χ2v) is 7.53. The molecule has 0 spiro atoms. The summed E-state index contributed by atoms with van der Waals surface area (Å²) in [5.74, 6) is 1.72. The van der Waals surface area contributed by atoms with Gasteiger partial charge in [0.05, 0.1) is 0 Å². The Balaban J connectivity index is 1.49. The highest BCUT2D eigenvalue weighted by molar-refractivity contribution is 5.85. The largest absolute Gasteiger partial charge is 0.461 e. The number of fused-ring (bicyclic) bond motifs is 1. The molecular weight excluding hydrogens is 306 g/mol. The van der Waals surface area contributed by atoms with Crippen LogP contribution in [0, 0.1) is 20.8 Å². The topological polar surface area (TPSA) is 16.4 Å². The number of furan rings is 1. The highest BCUT2D eigenvalue weighted by Crippen LogP contribution is 2.35. The molecule has 0 aliphatic carbocycles. The fourth-order valence-corrected chi connectivity index (χ4v) is 4.14. The number of hydrogen-bond donors (Lipinski definition) is 0. The van der Waals surface area contributed by atoms with Crippen LogP contribution in [-0.2, 0) is 6.54 Å². The van der Waals surface area contributed by atoms with Crippen LogP contribution >= 0.6 is 0 Å². The van der Waals surface area contributed by atoms with Crippen LogP contribution in [0.1, 0.15) is 46.8 Å². The molecule has 1 saturated heterocycles. The van der Waals surface area contributed by atoms with Crippen molar-refractivity contribution < 1.29 is 4.42 Å². The first-order chi connectivity index (χ1) is 12.1. The van der Waals surface area contributed by atoms with Crippen LogP contribution in [0.2, 0.25) is 0 Å². The van der Waals surface area contributed by atoms with Gasteiger partial charge in [0.15, 0.2) is 0 Å². The molecule has 0 atom stereocenters. The number of aryl methyl sites for hydroxylation is 3. The molecule has 1 fully saturated rings. The number of piperidine rings is 1. The van der Waals surface area contributed by atoms with Crippen molar-refractivity contribution in [2.45, 2.75) is 46.1 Å². The van der Waals surface area contributed by atoms with Gasteiger partial charge >= 0.3 is 0 Å². The van der Waals surface area contributed by atoms with E-state index in [4.69, 9.17) is 4.42 Å². The quantitative estimate of drug-likeness (QED) is 0.608. The molecule has 0 radical (unpaired) electrons. The third-order valence-corrected chi connectivity index (χ3v) is 5.79. The van der Waals surface area contributed by atoms with Crippen molar-refractivity contribution in [3.05, 3.63) is 70.5 Å². The van der Waals surface area contributed by atoms with Crippen LogP contribution in [0.3, 0.4) is 0 Å². The minimum Gasteiger partial charge on any atom is -0.461 e. The zero-order valence-electron chi connectivity index (χ0n) is 15.5. The molecule has 2 aromatic carbocycles. The van der Waals surface area contributed by atoms with Crippen LogP contribution in [0.15, 0.2) is 46.9 Å². The summed E-state index contributed by atoms with van der Waals surface area (Å²) in [6, 6.07) is 15.5. The number of nitrogens with zero attached hydrogens (tertiary/aromatic N) is 1. The minimum atomic E-state index is 0.671. The molecule has 2 heteroatoms. The molecule has 130 valence electrons. The first kappa shape index (κ1) is 16.4. The maximum Gasteiger partial charge on any atom is 0.137 e. The molecule has 2 nitrogen and oxygen atoms in total. The summed E-state index contributed by atoms with van der Waals surface area (Å²) < 4.78 is 5.95. The predicted octanol–water partition coefficient (Wildman–Crippen LogP) is 5.74. The first-order valence-electron chi connectivity index (χ1n) is 9.38. The number of rotatable bonds is 3. The van der Waals surface area contributed by atoms with Gasteiger partial charge in [0.2, 0.25) is 0 Å². The highest BCUT2D eigenvalue weighted by atomic mass is 16.3. The molecule has 1 aromatic heterocycles. The Kier molecular flexibility index (Phi) is 4.39. The van der Waals surface area contributed by atoms with Crippen molar-refractivity contribution >= 4 is 11.0 Å². The number of likely N-dealkylation sites (tertiary alicyclic amines) is 1. The molecule has 1 aliphatic rings. The van der Waals surface area contributed by atoms with E-state index in [2.05, 4.69) is 68.1 Å². The van der Waals surface area contributed by atoms with E-state index >= 15 is 0 Å². The summed E-state index contributed by atoms with van der Waals surface area (Å²) in [4.78, 5) is 2.59. The average molecular weight is 333 g/mol. The molecular formula is C23H27NO. The van der Waals surface area contributed by atoms with Crippen LogP contribution in [0.4, 0.5) is 0 Å². The van der Waals surface area contributed by atoms with Crippen molar-refractivity contribution in [3.63, 3.8) is 0 Å². The fraction of sp³-hybridized carbons (Fsp3) is 0.391. The van der Waals surface area contributed by atoms with E-state index in [9.17, 15) is 0 Å². The molecule has 0 amide bonds. The summed E-state index contributed by atoms with van der Waals surface area (Å²) in [5, 5.41) is 1.30. The summed E-state index contributed by atoms with van der Waals surface area (Å²) in [6.45, 7) is 9.86. The average Bonchev–Trinajstić information content (AvgIpc) is 2.92. The first-order valence-corrected chi connectivity index (χ1v) is 9.38. The van der Waals surface area contributed by atoms with Crippen molar-refractivity contribution in [1.82, 2.24) is 4.90 Å². The van der Waals surface area contributed by atoms with E-state index in [1.165, 1.54) is 53.6 Å². The van der Waals surface area contributed by atoms with E-state index in [1.807, 2.05) is 0 Å².